The van der Waals surface area contributed by atoms with E-state index in [0.29, 0.717) is 18.2 Å². The lowest BCUT2D eigenvalue weighted by Gasteiger charge is -2.10. The fraction of sp³-hybridized carbons (Fsp3) is 0.700. The molecule has 3 heteroatoms. The molecule has 1 rings (SSSR count). The summed E-state index contributed by atoms with van der Waals surface area (Å²) in [5.41, 5.74) is 0.412. The number of nitrogens with one attached hydrogen (secondary N) is 1. The summed E-state index contributed by atoms with van der Waals surface area (Å²) in [6, 6.07) is 0.526. The third-order valence-corrected chi connectivity index (χ3v) is 2.51. The minimum Gasteiger partial charge on any atom is -0.478 e. The van der Waals surface area contributed by atoms with Gasteiger partial charge in [0.1, 0.15) is 0 Å². The van der Waals surface area contributed by atoms with Crippen molar-refractivity contribution in [2.75, 3.05) is 6.54 Å². The van der Waals surface area contributed by atoms with Crippen molar-refractivity contribution in [2.24, 2.45) is 5.92 Å². The molecule has 0 amide bonds. The third-order valence-electron chi connectivity index (χ3n) is 2.51. The molecule has 13 heavy (non-hydrogen) atoms. The fourth-order valence-corrected chi connectivity index (χ4v) is 1.25. The second-order valence-electron chi connectivity index (χ2n) is 3.73. The highest BCUT2D eigenvalue weighted by atomic mass is 16.4. The van der Waals surface area contributed by atoms with E-state index in [1.165, 1.54) is 12.8 Å². The first kappa shape index (κ1) is 10.3. The molecule has 3 nitrogen and oxygen atoms in total. The standard InChI is InChI=1S/C10H17NO2/c1-7(10(12)13)5-6-11-8(2)9-3-4-9/h5,8-9,11H,3-4,6H2,1-2H3,(H,12,13)/b7-5-. The highest BCUT2D eigenvalue weighted by Crippen LogP contribution is 2.32. The molecule has 0 spiro atoms. The Balaban J connectivity index is 2.18. The zero-order valence-corrected chi connectivity index (χ0v) is 8.21. The van der Waals surface area contributed by atoms with Gasteiger partial charge in [0.05, 0.1) is 0 Å². The van der Waals surface area contributed by atoms with Crippen LogP contribution in [0.15, 0.2) is 11.6 Å². The van der Waals surface area contributed by atoms with Gasteiger partial charge in [-0.2, -0.15) is 0 Å². The van der Waals surface area contributed by atoms with Gasteiger partial charge in [-0.05, 0) is 32.6 Å². The Morgan fingerprint density at radius 3 is 2.77 bits per heavy atom. The first-order valence-corrected chi connectivity index (χ1v) is 4.74. The van der Waals surface area contributed by atoms with Gasteiger partial charge in [-0.1, -0.05) is 6.08 Å². The summed E-state index contributed by atoms with van der Waals surface area (Å²) in [6.07, 6.45) is 4.35. The van der Waals surface area contributed by atoms with E-state index in [1.54, 1.807) is 13.0 Å². The highest BCUT2D eigenvalue weighted by molar-refractivity contribution is 5.85. The van der Waals surface area contributed by atoms with Crippen LogP contribution in [0.2, 0.25) is 0 Å². The molecule has 0 aromatic rings. The van der Waals surface area contributed by atoms with E-state index in [9.17, 15) is 4.79 Å². The third kappa shape index (κ3) is 3.59. The van der Waals surface area contributed by atoms with Gasteiger partial charge in [0.2, 0.25) is 0 Å². The van der Waals surface area contributed by atoms with Crippen LogP contribution in [0.1, 0.15) is 26.7 Å². The summed E-state index contributed by atoms with van der Waals surface area (Å²) in [6.45, 7) is 4.43. The Labute approximate surface area is 78.8 Å². The predicted octanol–water partition coefficient (Wildman–Crippen LogP) is 1.41. The van der Waals surface area contributed by atoms with Gasteiger partial charge >= 0.3 is 5.97 Å². The Morgan fingerprint density at radius 2 is 2.31 bits per heavy atom. The molecule has 1 saturated carbocycles. The molecule has 1 atom stereocenters. The number of hydrogen-bond donors (Lipinski definition) is 2. The second-order valence-corrected chi connectivity index (χ2v) is 3.73. The molecule has 1 aliphatic carbocycles. The number of rotatable bonds is 5. The first-order chi connectivity index (χ1) is 6.11. The van der Waals surface area contributed by atoms with E-state index in [4.69, 9.17) is 5.11 Å². The van der Waals surface area contributed by atoms with Crippen LogP contribution in [-0.2, 0) is 4.79 Å². The van der Waals surface area contributed by atoms with Gasteiger partial charge in [-0.3, -0.25) is 0 Å². The van der Waals surface area contributed by atoms with Crippen molar-refractivity contribution in [1.29, 1.82) is 0 Å². The fourth-order valence-electron chi connectivity index (χ4n) is 1.25. The van der Waals surface area contributed by atoms with Crippen molar-refractivity contribution in [3.05, 3.63) is 11.6 Å². The molecule has 0 heterocycles. The maximum atomic E-state index is 10.4. The highest BCUT2D eigenvalue weighted by Gasteiger charge is 2.26. The molecule has 0 aromatic carbocycles. The SMILES string of the molecule is C/C(=C/CNC(C)C1CC1)C(=O)O. The molecule has 0 aromatic heterocycles. The van der Waals surface area contributed by atoms with E-state index in [-0.39, 0.29) is 0 Å². The summed E-state index contributed by atoms with van der Waals surface area (Å²) < 4.78 is 0. The van der Waals surface area contributed by atoms with E-state index < -0.39 is 5.97 Å². The Kier molecular flexibility index (Phi) is 3.48. The molecule has 1 unspecified atom stereocenters. The lowest BCUT2D eigenvalue weighted by Crippen LogP contribution is -2.28. The van der Waals surface area contributed by atoms with Gasteiger partial charge in [0.15, 0.2) is 0 Å². The molecule has 0 saturated heterocycles. The lowest BCUT2D eigenvalue weighted by atomic mass is 10.2. The van der Waals surface area contributed by atoms with Gasteiger partial charge in [0, 0.05) is 18.2 Å². The minimum atomic E-state index is -0.833. The quantitative estimate of drug-likeness (QED) is 0.633. The molecule has 1 aliphatic rings. The van der Waals surface area contributed by atoms with Gasteiger partial charge in [-0.15, -0.1) is 0 Å². The zero-order chi connectivity index (χ0) is 9.84. The maximum Gasteiger partial charge on any atom is 0.330 e. The van der Waals surface area contributed by atoms with Gasteiger partial charge in [0.25, 0.3) is 0 Å². The van der Waals surface area contributed by atoms with Crippen LogP contribution in [-0.4, -0.2) is 23.7 Å². The Hall–Kier alpha value is -0.830. The van der Waals surface area contributed by atoms with Crippen LogP contribution in [0.25, 0.3) is 0 Å². The monoisotopic (exact) mass is 183 g/mol. The predicted molar refractivity (Wildman–Crippen MR) is 51.6 cm³/mol. The van der Waals surface area contributed by atoms with Crippen LogP contribution in [0, 0.1) is 5.92 Å². The molecule has 74 valence electrons. The molecular formula is C10H17NO2. The zero-order valence-electron chi connectivity index (χ0n) is 8.21. The largest absolute Gasteiger partial charge is 0.478 e. The summed E-state index contributed by atoms with van der Waals surface area (Å²) >= 11 is 0. The van der Waals surface area contributed by atoms with Crippen LogP contribution >= 0.6 is 0 Å². The summed E-state index contributed by atoms with van der Waals surface area (Å²) in [7, 11) is 0. The first-order valence-electron chi connectivity index (χ1n) is 4.74. The van der Waals surface area contributed by atoms with Crippen molar-refractivity contribution < 1.29 is 9.90 Å². The number of carboxylic acids is 1. The van der Waals surface area contributed by atoms with E-state index >= 15 is 0 Å². The number of carbonyl (C=O) groups is 1. The summed E-state index contributed by atoms with van der Waals surface area (Å²) in [4.78, 5) is 10.4. The molecule has 0 aliphatic heterocycles. The maximum absolute atomic E-state index is 10.4. The number of aliphatic carboxylic acids is 1. The Morgan fingerprint density at radius 1 is 1.69 bits per heavy atom. The van der Waals surface area contributed by atoms with Gasteiger partial charge in [-0.25, -0.2) is 4.79 Å². The van der Waals surface area contributed by atoms with Gasteiger partial charge < -0.3 is 10.4 Å². The van der Waals surface area contributed by atoms with E-state index in [0.717, 1.165) is 5.92 Å². The van der Waals surface area contributed by atoms with Crippen molar-refractivity contribution in [1.82, 2.24) is 5.32 Å². The minimum absolute atomic E-state index is 0.412. The topological polar surface area (TPSA) is 49.3 Å². The van der Waals surface area contributed by atoms with Crippen LogP contribution < -0.4 is 5.32 Å². The molecular weight excluding hydrogens is 166 g/mol. The molecule has 0 bridgehead atoms. The number of hydrogen-bond acceptors (Lipinski definition) is 2. The Bertz CT molecular complexity index is 219. The van der Waals surface area contributed by atoms with E-state index in [1.807, 2.05) is 0 Å². The van der Waals surface area contributed by atoms with Crippen molar-refractivity contribution >= 4 is 5.97 Å². The summed E-state index contributed by atoms with van der Waals surface area (Å²) in [5.74, 6) is -0.0144. The lowest BCUT2D eigenvalue weighted by molar-refractivity contribution is -0.132. The van der Waals surface area contributed by atoms with Crippen molar-refractivity contribution in [3.63, 3.8) is 0 Å². The smallest absolute Gasteiger partial charge is 0.330 e. The average molecular weight is 183 g/mol. The van der Waals surface area contributed by atoms with Crippen LogP contribution in [0.5, 0.6) is 0 Å². The normalized spacial score (nSPS) is 20.0. The average Bonchev–Trinajstić information content (AvgIpc) is 2.85. The molecule has 1 fully saturated rings. The van der Waals surface area contributed by atoms with Crippen LogP contribution in [0.4, 0.5) is 0 Å². The van der Waals surface area contributed by atoms with E-state index in [2.05, 4.69) is 12.2 Å². The second kappa shape index (κ2) is 4.42. The van der Waals surface area contributed by atoms with Crippen molar-refractivity contribution in [3.8, 4) is 0 Å². The van der Waals surface area contributed by atoms with Crippen LogP contribution in [0.3, 0.4) is 0 Å². The molecule has 0 radical (unpaired) electrons. The molecule has 2 N–H and O–H groups in total. The number of carboxylic acid groups (broad SMARTS) is 1. The summed E-state index contributed by atoms with van der Waals surface area (Å²) in [5, 5.41) is 11.9. The van der Waals surface area contributed by atoms with Crippen molar-refractivity contribution in [2.45, 2.75) is 32.7 Å².